The first-order chi connectivity index (χ1) is 17.0. The third-order valence-electron chi connectivity index (χ3n) is 5.94. The van der Waals surface area contributed by atoms with Crippen molar-refractivity contribution in [1.82, 2.24) is 5.32 Å². The number of aliphatic carboxylic acids is 1. The van der Waals surface area contributed by atoms with Crippen LogP contribution in [-0.2, 0) is 16.0 Å². The van der Waals surface area contributed by atoms with E-state index in [0.29, 0.717) is 0 Å². The van der Waals surface area contributed by atoms with Crippen molar-refractivity contribution < 1.29 is 19.4 Å². The van der Waals surface area contributed by atoms with E-state index in [0.717, 1.165) is 38.9 Å². The van der Waals surface area contributed by atoms with Crippen LogP contribution in [0.2, 0.25) is 0 Å². The molecular weight excluding hydrogens is 438 g/mol. The van der Waals surface area contributed by atoms with Gasteiger partial charge < -0.3 is 15.2 Å². The number of alkyl carbamates (subject to hydrolysis) is 1. The molecule has 1 amide bonds. The van der Waals surface area contributed by atoms with E-state index in [4.69, 9.17) is 4.74 Å². The predicted molar refractivity (Wildman–Crippen MR) is 135 cm³/mol. The normalized spacial score (nSPS) is 12.2. The number of carbonyl (C=O) groups excluding carboxylic acids is 1. The summed E-state index contributed by atoms with van der Waals surface area (Å²) in [5, 5.41) is 12.1. The number of fused-ring (bicyclic) bond motifs is 3. The number of hydrogen-bond donors (Lipinski definition) is 2. The summed E-state index contributed by atoms with van der Waals surface area (Å²) in [6.07, 6.45) is -0.601. The SMILES string of the molecule is CC#Cc1ccc2c(c1)C(COC(=O)NC(Cc1ccccc1)C(=O)O)c1cc(C#CC)ccc1-2. The Morgan fingerprint density at radius 2 is 1.49 bits per heavy atom. The van der Waals surface area contributed by atoms with Crippen LogP contribution in [0.5, 0.6) is 0 Å². The van der Waals surface area contributed by atoms with Gasteiger partial charge in [-0.3, -0.25) is 0 Å². The Balaban J connectivity index is 1.55. The Morgan fingerprint density at radius 1 is 0.914 bits per heavy atom. The van der Waals surface area contributed by atoms with E-state index in [1.165, 1.54) is 0 Å². The smallest absolute Gasteiger partial charge is 0.407 e. The van der Waals surface area contributed by atoms with Gasteiger partial charge in [-0.1, -0.05) is 54.3 Å². The predicted octanol–water partition coefficient (Wildman–Crippen LogP) is 4.96. The molecule has 4 rings (SSSR count). The lowest BCUT2D eigenvalue weighted by atomic mass is 9.95. The van der Waals surface area contributed by atoms with Gasteiger partial charge in [0.15, 0.2) is 0 Å². The second kappa shape index (κ2) is 10.6. The van der Waals surface area contributed by atoms with Crippen molar-refractivity contribution in [3.8, 4) is 34.8 Å². The van der Waals surface area contributed by atoms with E-state index in [2.05, 4.69) is 29.0 Å². The lowest BCUT2D eigenvalue weighted by Gasteiger charge is -2.18. The Hall–Kier alpha value is -4.48. The van der Waals surface area contributed by atoms with Crippen LogP contribution in [0.15, 0.2) is 66.7 Å². The van der Waals surface area contributed by atoms with Crippen LogP contribution in [0.1, 0.15) is 47.6 Å². The maximum atomic E-state index is 12.6. The maximum Gasteiger partial charge on any atom is 0.407 e. The van der Waals surface area contributed by atoms with Gasteiger partial charge in [0.1, 0.15) is 12.6 Å². The van der Waals surface area contributed by atoms with Gasteiger partial charge in [0.2, 0.25) is 0 Å². The molecule has 5 heteroatoms. The number of carbonyl (C=O) groups is 2. The zero-order valence-electron chi connectivity index (χ0n) is 19.6. The molecule has 3 aromatic rings. The van der Waals surface area contributed by atoms with Crippen LogP contribution in [0.4, 0.5) is 4.79 Å². The second-order valence-corrected chi connectivity index (χ2v) is 8.23. The average Bonchev–Trinajstić information content (AvgIpc) is 3.15. The van der Waals surface area contributed by atoms with Gasteiger partial charge >= 0.3 is 12.1 Å². The molecule has 1 aliphatic rings. The first-order valence-corrected chi connectivity index (χ1v) is 11.3. The first kappa shape index (κ1) is 23.7. The minimum absolute atomic E-state index is 0.0650. The molecule has 0 aliphatic heterocycles. The third-order valence-corrected chi connectivity index (χ3v) is 5.94. The van der Waals surface area contributed by atoms with Crippen molar-refractivity contribution >= 4 is 12.1 Å². The Morgan fingerprint density at radius 3 is 2.00 bits per heavy atom. The van der Waals surface area contributed by atoms with Gasteiger partial charge in [0, 0.05) is 23.5 Å². The Kier molecular flexibility index (Phi) is 7.19. The van der Waals surface area contributed by atoms with Gasteiger partial charge in [-0.2, -0.15) is 0 Å². The van der Waals surface area contributed by atoms with Crippen LogP contribution >= 0.6 is 0 Å². The number of carboxylic acid groups (broad SMARTS) is 1. The van der Waals surface area contributed by atoms with E-state index in [1.54, 1.807) is 13.8 Å². The van der Waals surface area contributed by atoms with Crippen LogP contribution in [-0.4, -0.2) is 29.8 Å². The molecule has 0 fully saturated rings. The van der Waals surface area contributed by atoms with Gasteiger partial charge in [0.25, 0.3) is 0 Å². The summed E-state index contributed by atoms with van der Waals surface area (Å²) in [5.74, 6) is 10.7. The molecule has 5 nitrogen and oxygen atoms in total. The molecule has 1 aliphatic carbocycles. The summed E-state index contributed by atoms with van der Waals surface area (Å²) >= 11 is 0. The summed E-state index contributed by atoms with van der Waals surface area (Å²) in [6.45, 7) is 3.64. The van der Waals surface area contributed by atoms with Gasteiger partial charge in [0.05, 0.1) is 0 Å². The molecule has 0 radical (unpaired) electrons. The highest BCUT2D eigenvalue weighted by molar-refractivity contribution is 5.82. The molecule has 0 saturated heterocycles. The maximum absolute atomic E-state index is 12.6. The molecule has 3 aromatic carbocycles. The number of rotatable bonds is 6. The van der Waals surface area contributed by atoms with Crippen molar-refractivity contribution in [2.75, 3.05) is 6.61 Å². The quantitative estimate of drug-likeness (QED) is 0.507. The molecule has 0 bridgehead atoms. The third kappa shape index (κ3) is 5.37. The molecule has 0 aromatic heterocycles. The first-order valence-electron chi connectivity index (χ1n) is 11.3. The van der Waals surface area contributed by atoms with E-state index in [9.17, 15) is 14.7 Å². The number of nitrogens with one attached hydrogen (secondary N) is 1. The van der Waals surface area contributed by atoms with Gasteiger partial charge in [-0.15, -0.1) is 11.8 Å². The molecule has 174 valence electrons. The number of hydrogen-bond acceptors (Lipinski definition) is 3. The lowest BCUT2D eigenvalue weighted by Crippen LogP contribution is -2.42. The average molecular weight is 464 g/mol. The van der Waals surface area contributed by atoms with E-state index in [-0.39, 0.29) is 18.9 Å². The highest BCUT2D eigenvalue weighted by Crippen LogP contribution is 2.45. The minimum Gasteiger partial charge on any atom is -0.480 e. The monoisotopic (exact) mass is 463 g/mol. The van der Waals surface area contributed by atoms with Crippen LogP contribution in [0.3, 0.4) is 0 Å². The second-order valence-electron chi connectivity index (χ2n) is 8.23. The summed E-state index contributed by atoms with van der Waals surface area (Å²) in [7, 11) is 0. The molecular formula is C30H25NO4. The van der Waals surface area contributed by atoms with E-state index < -0.39 is 18.1 Å². The molecule has 0 heterocycles. The summed E-state index contributed by atoms with van der Waals surface area (Å²) < 4.78 is 5.57. The van der Waals surface area contributed by atoms with Gasteiger partial charge in [-0.25, -0.2) is 9.59 Å². The van der Waals surface area contributed by atoms with E-state index >= 15 is 0 Å². The highest BCUT2D eigenvalue weighted by atomic mass is 16.5. The fraction of sp³-hybridized carbons (Fsp3) is 0.200. The fourth-order valence-corrected chi connectivity index (χ4v) is 4.38. The topological polar surface area (TPSA) is 75.6 Å². The largest absolute Gasteiger partial charge is 0.480 e. The van der Waals surface area contributed by atoms with Crippen molar-refractivity contribution in [2.45, 2.75) is 32.2 Å². The van der Waals surface area contributed by atoms with Crippen molar-refractivity contribution in [2.24, 2.45) is 0 Å². The Bertz CT molecular complexity index is 1320. The molecule has 35 heavy (non-hydrogen) atoms. The standard InChI is InChI=1S/C30H25NO4/c1-3-8-20-12-14-23-24-15-13-21(9-4-2)17-26(24)27(25(23)16-20)19-35-30(34)31-28(29(32)33)18-22-10-6-5-7-11-22/h5-7,10-17,27-28H,18-19H2,1-2H3,(H,31,34)(H,32,33). The van der Waals surface area contributed by atoms with Crippen molar-refractivity contribution in [3.63, 3.8) is 0 Å². The molecule has 0 saturated carbocycles. The molecule has 1 unspecified atom stereocenters. The Labute approximate surface area is 205 Å². The minimum atomic E-state index is -1.12. The van der Waals surface area contributed by atoms with Gasteiger partial charge in [-0.05, 0) is 65.9 Å². The molecule has 2 N–H and O–H groups in total. The molecule has 1 atom stereocenters. The number of ether oxygens (including phenoxy) is 1. The molecule has 0 spiro atoms. The lowest BCUT2D eigenvalue weighted by molar-refractivity contribution is -0.139. The van der Waals surface area contributed by atoms with Crippen LogP contribution < -0.4 is 5.32 Å². The number of carboxylic acids is 1. The summed E-state index contributed by atoms with van der Waals surface area (Å²) in [5.41, 5.74) is 6.76. The van der Waals surface area contributed by atoms with Crippen LogP contribution in [0.25, 0.3) is 11.1 Å². The zero-order valence-corrected chi connectivity index (χ0v) is 19.6. The summed E-state index contributed by atoms with van der Waals surface area (Å²) in [4.78, 5) is 24.4. The zero-order chi connectivity index (χ0) is 24.8. The fourth-order valence-electron chi connectivity index (χ4n) is 4.38. The van der Waals surface area contributed by atoms with E-state index in [1.807, 2.05) is 66.7 Å². The summed E-state index contributed by atoms with van der Waals surface area (Å²) in [6, 6.07) is 20.2. The van der Waals surface area contributed by atoms with Crippen LogP contribution in [0, 0.1) is 23.7 Å². The number of amides is 1. The van der Waals surface area contributed by atoms with Crippen molar-refractivity contribution in [1.29, 1.82) is 0 Å². The van der Waals surface area contributed by atoms with Crippen molar-refractivity contribution in [3.05, 3.63) is 94.5 Å². The number of benzene rings is 3. The highest BCUT2D eigenvalue weighted by Gasteiger charge is 2.31.